The quantitative estimate of drug-likeness (QED) is 0.0861. The van der Waals surface area contributed by atoms with Gasteiger partial charge >= 0.3 is 5.97 Å². The number of rotatable bonds is 18. The number of nitrogens with one attached hydrogen (secondary N) is 2. The maximum atomic E-state index is 12.5. The SMILES string of the molecule is CCCCCCCCCC(=O)NCC(=O)N/N=C\c1ccc(OC(=O)c2ccc(OCCC)cc2)c(OC)c1. The van der Waals surface area contributed by atoms with E-state index >= 15 is 0 Å². The highest BCUT2D eigenvalue weighted by Crippen LogP contribution is 2.28. The van der Waals surface area contributed by atoms with Crippen LogP contribution in [0.15, 0.2) is 47.6 Å². The molecule has 0 aliphatic carbocycles. The smallest absolute Gasteiger partial charge is 0.343 e. The minimum atomic E-state index is -0.530. The van der Waals surface area contributed by atoms with Crippen molar-refractivity contribution in [2.45, 2.75) is 71.6 Å². The first-order valence-electron chi connectivity index (χ1n) is 13.7. The van der Waals surface area contributed by atoms with Gasteiger partial charge in [-0.25, -0.2) is 10.2 Å². The molecule has 0 aliphatic rings. The Morgan fingerprint density at radius 3 is 2.26 bits per heavy atom. The van der Waals surface area contributed by atoms with Crippen LogP contribution in [0.3, 0.4) is 0 Å². The Hall–Kier alpha value is -3.88. The normalized spacial score (nSPS) is 10.7. The van der Waals surface area contributed by atoms with Gasteiger partial charge in [-0.05, 0) is 60.9 Å². The van der Waals surface area contributed by atoms with Gasteiger partial charge in [0.25, 0.3) is 5.91 Å². The number of amides is 2. The third kappa shape index (κ3) is 12.5. The van der Waals surface area contributed by atoms with Crippen molar-refractivity contribution >= 4 is 24.0 Å². The van der Waals surface area contributed by atoms with Crippen LogP contribution in [0.25, 0.3) is 0 Å². The van der Waals surface area contributed by atoms with Gasteiger partial charge in [0.05, 0.1) is 32.0 Å². The molecule has 0 saturated carbocycles. The van der Waals surface area contributed by atoms with Crippen molar-refractivity contribution in [3.63, 3.8) is 0 Å². The van der Waals surface area contributed by atoms with Gasteiger partial charge in [-0.1, -0.05) is 52.4 Å². The molecule has 0 heterocycles. The molecule has 0 radical (unpaired) electrons. The first-order chi connectivity index (χ1) is 19.0. The fraction of sp³-hybridized carbons (Fsp3) is 0.467. The lowest BCUT2D eigenvalue weighted by molar-refractivity contribution is -0.126. The van der Waals surface area contributed by atoms with E-state index in [2.05, 4.69) is 22.8 Å². The number of ether oxygens (including phenoxy) is 3. The molecule has 212 valence electrons. The van der Waals surface area contributed by atoms with E-state index in [0.717, 1.165) is 25.7 Å². The number of nitrogens with zero attached hydrogens (tertiary/aromatic N) is 1. The van der Waals surface area contributed by atoms with Crippen LogP contribution in [0, 0.1) is 0 Å². The molecule has 0 unspecified atom stereocenters. The molecule has 9 heteroatoms. The molecule has 2 amide bonds. The second kappa shape index (κ2) is 18.4. The lowest BCUT2D eigenvalue weighted by atomic mass is 10.1. The van der Waals surface area contributed by atoms with Gasteiger partial charge in [-0.15, -0.1) is 0 Å². The maximum absolute atomic E-state index is 12.5. The van der Waals surface area contributed by atoms with Crippen LogP contribution >= 0.6 is 0 Å². The first-order valence-corrected chi connectivity index (χ1v) is 13.7. The van der Waals surface area contributed by atoms with E-state index in [4.69, 9.17) is 14.2 Å². The zero-order valence-corrected chi connectivity index (χ0v) is 23.3. The second-order valence-electron chi connectivity index (χ2n) is 9.11. The molecule has 0 atom stereocenters. The zero-order valence-electron chi connectivity index (χ0n) is 23.3. The van der Waals surface area contributed by atoms with Crippen molar-refractivity contribution in [1.29, 1.82) is 0 Å². The van der Waals surface area contributed by atoms with Crippen LogP contribution in [0.2, 0.25) is 0 Å². The molecule has 9 nitrogen and oxygen atoms in total. The summed E-state index contributed by atoms with van der Waals surface area (Å²) in [5.74, 6) is 0.171. The topological polar surface area (TPSA) is 115 Å². The Kier molecular flexibility index (Phi) is 14.8. The summed E-state index contributed by atoms with van der Waals surface area (Å²) in [5.41, 5.74) is 3.38. The van der Waals surface area contributed by atoms with Gasteiger partial charge in [0.1, 0.15) is 5.75 Å². The minimum absolute atomic E-state index is 0.140. The Morgan fingerprint density at radius 2 is 1.56 bits per heavy atom. The Morgan fingerprint density at radius 1 is 0.846 bits per heavy atom. The third-order valence-electron chi connectivity index (χ3n) is 5.81. The van der Waals surface area contributed by atoms with E-state index in [1.807, 2.05) is 6.92 Å². The molecule has 2 aromatic rings. The molecule has 2 rings (SSSR count). The summed E-state index contributed by atoms with van der Waals surface area (Å²) < 4.78 is 16.4. The average molecular weight is 540 g/mol. The summed E-state index contributed by atoms with van der Waals surface area (Å²) in [6.45, 7) is 4.67. The Bertz CT molecular complexity index is 1070. The van der Waals surface area contributed by atoms with E-state index in [1.54, 1.807) is 42.5 Å². The molecule has 0 aromatic heterocycles. The van der Waals surface area contributed by atoms with Crippen molar-refractivity contribution in [3.05, 3.63) is 53.6 Å². The van der Waals surface area contributed by atoms with Crippen LogP contribution in [-0.4, -0.2) is 44.3 Å². The van der Waals surface area contributed by atoms with Crippen molar-refractivity contribution < 1.29 is 28.6 Å². The van der Waals surface area contributed by atoms with Gasteiger partial charge in [-0.3, -0.25) is 9.59 Å². The van der Waals surface area contributed by atoms with Crippen LogP contribution < -0.4 is 25.0 Å². The molecule has 0 spiro atoms. The van der Waals surface area contributed by atoms with Gasteiger partial charge in [-0.2, -0.15) is 5.10 Å². The molecule has 0 saturated heterocycles. The van der Waals surface area contributed by atoms with Gasteiger partial charge in [0, 0.05) is 6.42 Å². The predicted octanol–water partition coefficient (Wildman–Crippen LogP) is 5.41. The number of hydrogen-bond donors (Lipinski definition) is 2. The van der Waals surface area contributed by atoms with Crippen molar-refractivity contribution in [2.75, 3.05) is 20.3 Å². The summed E-state index contributed by atoms with van der Waals surface area (Å²) in [4.78, 5) is 36.5. The highest BCUT2D eigenvalue weighted by Gasteiger charge is 2.13. The van der Waals surface area contributed by atoms with Crippen molar-refractivity contribution in [1.82, 2.24) is 10.7 Å². The number of carbonyl (C=O) groups excluding carboxylic acids is 3. The summed E-state index contributed by atoms with van der Waals surface area (Å²) in [5, 5.41) is 6.53. The molecular weight excluding hydrogens is 498 g/mol. The lowest BCUT2D eigenvalue weighted by Crippen LogP contribution is -2.34. The predicted molar refractivity (Wildman–Crippen MR) is 152 cm³/mol. The number of methoxy groups -OCH3 is 1. The summed E-state index contributed by atoms with van der Waals surface area (Å²) in [6.07, 6.45) is 10.7. The summed E-state index contributed by atoms with van der Waals surface area (Å²) >= 11 is 0. The molecule has 0 bridgehead atoms. The van der Waals surface area contributed by atoms with E-state index in [1.165, 1.54) is 39.0 Å². The fourth-order valence-electron chi connectivity index (χ4n) is 3.64. The molecule has 2 aromatic carbocycles. The standard InChI is InChI=1S/C30H41N3O6/c1-4-6-7-8-9-10-11-12-28(34)31-22-29(35)33-32-21-23-13-18-26(27(20-23)37-3)39-30(36)24-14-16-25(17-15-24)38-19-5-2/h13-18,20-21H,4-12,19,22H2,1-3H3,(H,31,34)(H,33,35)/b32-21-. The molecule has 0 aliphatic heterocycles. The summed E-state index contributed by atoms with van der Waals surface area (Å²) in [7, 11) is 1.46. The number of benzene rings is 2. The Labute approximate surface area is 231 Å². The second-order valence-corrected chi connectivity index (χ2v) is 9.11. The average Bonchev–Trinajstić information content (AvgIpc) is 2.95. The number of hydrazone groups is 1. The van der Waals surface area contributed by atoms with Crippen LogP contribution in [0.1, 0.15) is 87.6 Å². The first kappa shape index (κ1) is 31.3. The van der Waals surface area contributed by atoms with Crippen molar-refractivity contribution in [3.8, 4) is 17.2 Å². The van der Waals surface area contributed by atoms with Crippen LogP contribution in [0.4, 0.5) is 0 Å². The Balaban J connectivity index is 1.76. The van der Waals surface area contributed by atoms with E-state index in [9.17, 15) is 14.4 Å². The highest BCUT2D eigenvalue weighted by molar-refractivity contribution is 5.92. The zero-order chi connectivity index (χ0) is 28.3. The van der Waals surface area contributed by atoms with Crippen LogP contribution in [-0.2, 0) is 9.59 Å². The molecule has 39 heavy (non-hydrogen) atoms. The molecular formula is C30H41N3O6. The number of unbranched alkanes of at least 4 members (excludes halogenated alkanes) is 6. The van der Waals surface area contributed by atoms with Crippen LogP contribution in [0.5, 0.6) is 17.2 Å². The van der Waals surface area contributed by atoms with E-state index in [-0.39, 0.29) is 18.2 Å². The minimum Gasteiger partial charge on any atom is -0.494 e. The van der Waals surface area contributed by atoms with Crippen molar-refractivity contribution in [2.24, 2.45) is 5.10 Å². The van der Waals surface area contributed by atoms with Gasteiger partial charge < -0.3 is 19.5 Å². The fourth-order valence-corrected chi connectivity index (χ4v) is 3.64. The molecule has 0 fully saturated rings. The van der Waals surface area contributed by atoms with Gasteiger partial charge in [0.2, 0.25) is 5.91 Å². The van der Waals surface area contributed by atoms with Gasteiger partial charge in [0.15, 0.2) is 11.5 Å². The third-order valence-corrected chi connectivity index (χ3v) is 5.81. The number of hydrogen-bond acceptors (Lipinski definition) is 7. The number of carbonyl (C=O) groups is 3. The highest BCUT2D eigenvalue weighted by atomic mass is 16.6. The number of esters is 1. The monoisotopic (exact) mass is 539 g/mol. The largest absolute Gasteiger partial charge is 0.494 e. The maximum Gasteiger partial charge on any atom is 0.343 e. The molecule has 2 N–H and O–H groups in total. The lowest BCUT2D eigenvalue weighted by Gasteiger charge is -2.10. The van der Waals surface area contributed by atoms with E-state index < -0.39 is 11.9 Å². The summed E-state index contributed by atoms with van der Waals surface area (Å²) in [6, 6.07) is 11.6. The van der Waals surface area contributed by atoms with E-state index in [0.29, 0.717) is 35.7 Å².